The second-order valence-electron chi connectivity index (χ2n) is 4.03. The lowest BCUT2D eigenvalue weighted by Crippen LogP contribution is -2.12. The Morgan fingerprint density at radius 3 is 2.85 bits per heavy atom. The highest BCUT2D eigenvalue weighted by atomic mass is 35.5. The lowest BCUT2D eigenvalue weighted by atomic mass is 10.3. The van der Waals surface area contributed by atoms with Crippen LogP contribution in [0.2, 0.25) is 5.02 Å². The number of aromatic nitrogens is 2. The number of anilines is 1. The maximum Gasteiger partial charge on any atom is 0.265 e. The van der Waals surface area contributed by atoms with Crippen molar-refractivity contribution in [3.8, 4) is 5.75 Å². The van der Waals surface area contributed by atoms with Gasteiger partial charge in [0.05, 0.1) is 23.5 Å². The van der Waals surface area contributed by atoms with E-state index in [0.29, 0.717) is 23.1 Å². The minimum absolute atomic E-state index is 0.0555. The minimum atomic E-state index is -3.66. The highest BCUT2D eigenvalue weighted by molar-refractivity contribution is 7.92. The smallest absolute Gasteiger partial charge is 0.265 e. The Morgan fingerprint density at radius 2 is 2.25 bits per heavy atom. The summed E-state index contributed by atoms with van der Waals surface area (Å²) >= 11 is 6.04. The maximum atomic E-state index is 12.0. The topological polar surface area (TPSA) is 84.1 Å². The van der Waals surface area contributed by atoms with E-state index in [1.165, 1.54) is 18.5 Å². The lowest BCUT2D eigenvalue weighted by molar-refractivity contribution is 0.317. The highest BCUT2D eigenvalue weighted by Gasteiger charge is 2.15. The fourth-order valence-electron chi connectivity index (χ4n) is 1.49. The fourth-order valence-corrected chi connectivity index (χ4v) is 2.68. The molecule has 108 valence electrons. The number of hydrogen-bond acceptors (Lipinski definition) is 4. The van der Waals surface area contributed by atoms with Gasteiger partial charge in [-0.3, -0.25) is 9.82 Å². The van der Waals surface area contributed by atoms with Crippen molar-refractivity contribution >= 4 is 27.3 Å². The first-order chi connectivity index (χ1) is 9.53. The number of nitrogens with one attached hydrogen (secondary N) is 2. The Labute approximate surface area is 122 Å². The van der Waals surface area contributed by atoms with Crippen LogP contribution in [0.5, 0.6) is 5.75 Å². The zero-order valence-electron chi connectivity index (χ0n) is 10.8. The molecular weight excluding hydrogens is 302 g/mol. The average molecular weight is 316 g/mol. The van der Waals surface area contributed by atoms with Crippen molar-refractivity contribution < 1.29 is 13.2 Å². The van der Waals surface area contributed by atoms with Crippen molar-refractivity contribution in [3.63, 3.8) is 0 Å². The standard InChI is InChI=1S/C12H14ClN3O3S/c1-2-5-19-12-4-3-9(6-11(12)13)16-20(17,18)10-7-14-15-8-10/h3-4,6-8,16H,2,5H2,1H3,(H,14,15). The third-order valence-electron chi connectivity index (χ3n) is 2.43. The van der Waals surface area contributed by atoms with Crippen molar-refractivity contribution in [2.75, 3.05) is 11.3 Å². The van der Waals surface area contributed by atoms with E-state index in [4.69, 9.17) is 16.3 Å². The molecule has 0 aliphatic rings. The summed E-state index contributed by atoms with van der Waals surface area (Å²) < 4.78 is 31.8. The van der Waals surface area contributed by atoms with E-state index >= 15 is 0 Å². The van der Waals surface area contributed by atoms with Gasteiger partial charge in [0.2, 0.25) is 0 Å². The normalized spacial score (nSPS) is 11.3. The molecule has 1 aromatic carbocycles. The first kappa shape index (κ1) is 14.7. The van der Waals surface area contributed by atoms with Crippen LogP contribution in [0.3, 0.4) is 0 Å². The van der Waals surface area contributed by atoms with E-state index in [0.717, 1.165) is 6.42 Å². The molecule has 0 aliphatic heterocycles. The summed E-state index contributed by atoms with van der Waals surface area (Å²) in [5.74, 6) is 0.528. The van der Waals surface area contributed by atoms with Crippen LogP contribution in [0.15, 0.2) is 35.5 Å². The van der Waals surface area contributed by atoms with Gasteiger partial charge in [-0.2, -0.15) is 5.10 Å². The van der Waals surface area contributed by atoms with E-state index in [9.17, 15) is 8.42 Å². The molecule has 0 atom stereocenters. The Morgan fingerprint density at radius 1 is 1.45 bits per heavy atom. The van der Waals surface area contributed by atoms with Gasteiger partial charge >= 0.3 is 0 Å². The molecule has 0 saturated heterocycles. The molecule has 0 spiro atoms. The van der Waals surface area contributed by atoms with Gasteiger partial charge in [-0.25, -0.2) is 8.42 Å². The van der Waals surface area contributed by atoms with Crippen molar-refractivity contribution in [2.45, 2.75) is 18.2 Å². The molecule has 1 heterocycles. The van der Waals surface area contributed by atoms with Gasteiger partial charge in [-0.05, 0) is 24.6 Å². The predicted octanol–water partition coefficient (Wildman–Crippen LogP) is 2.65. The number of H-pyrrole nitrogens is 1. The predicted molar refractivity (Wildman–Crippen MR) is 76.6 cm³/mol. The molecule has 0 radical (unpaired) electrons. The van der Waals surface area contributed by atoms with E-state index in [1.807, 2.05) is 6.92 Å². The Hall–Kier alpha value is -1.73. The van der Waals surface area contributed by atoms with Crippen molar-refractivity contribution in [2.24, 2.45) is 0 Å². The number of benzene rings is 1. The maximum absolute atomic E-state index is 12.0. The third kappa shape index (κ3) is 3.43. The van der Waals surface area contributed by atoms with E-state index < -0.39 is 10.0 Å². The van der Waals surface area contributed by atoms with Gasteiger partial charge in [0.15, 0.2) is 0 Å². The summed E-state index contributed by atoms with van der Waals surface area (Å²) in [6.45, 7) is 2.54. The second kappa shape index (κ2) is 6.15. The van der Waals surface area contributed by atoms with E-state index in [-0.39, 0.29) is 4.90 Å². The number of ether oxygens (including phenoxy) is 1. The summed E-state index contributed by atoms with van der Waals surface area (Å²) in [6, 6.07) is 4.73. The van der Waals surface area contributed by atoms with Crippen LogP contribution in [-0.2, 0) is 10.0 Å². The fraction of sp³-hybridized carbons (Fsp3) is 0.250. The molecule has 0 fully saturated rings. The molecule has 0 aliphatic carbocycles. The van der Waals surface area contributed by atoms with Crippen LogP contribution < -0.4 is 9.46 Å². The zero-order chi connectivity index (χ0) is 14.6. The largest absolute Gasteiger partial charge is 0.492 e. The Bertz CT molecular complexity index is 671. The van der Waals surface area contributed by atoms with Crippen molar-refractivity contribution in [1.29, 1.82) is 0 Å². The molecule has 20 heavy (non-hydrogen) atoms. The Kier molecular flexibility index (Phi) is 4.51. The number of sulfonamides is 1. The summed E-state index contributed by atoms with van der Waals surface area (Å²) in [5.41, 5.74) is 0.361. The van der Waals surface area contributed by atoms with Gasteiger partial charge in [0.1, 0.15) is 10.6 Å². The summed E-state index contributed by atoms with van der Waals surface area (Å²) in [7, 11) is -3.66. The molecule has 2 N–H and O–H groups in total. The number of halogens is 1. The SMILES string of the molecule is CCCOc1ccc(NS(=O)(=O)c2cn[nH]c2)cc1Cl. The van der Waals surface area contributed by atoms with Gasteiger partial charge in [0, 0.05) is 6.20 Å². The third-order valence-corrected chi connectivity index (χ3v) is 4.07. The molecule has 8 heteroatoms. The monoisotopic (exact) mass is 315 g/mol. The number of hydrogen-bond donors (Lipinski definition) is 2. The van der Waals surface area contributed by atoms with E-state index in [1.54, 1.807) is 12.1 Å². The van der Waals surface area contributed by atoms with E-state index in [2.05, 4.69) is 14.9 Å². The van der Waals surface area contributed by atoms with Crippen molar-refractivity contribution in [3.05, 3.63) is 35.6 Å². The van der Waals surface area contributed by atoms with Gasteiger partial charge in [-0.15, -0.1) is 0 Å². The quantitative estimate of drug-likeness (QED) is 0.858. The van der Waals surface area contributed by atoms with Gasteiger partial charge in [0.25, 0.3) is 10.0 Å². The molecule has 2 aromatic rings. The summed E-state index contributed by atoms with van der Waals surface area (Å²) in [6.07, 6.45) is 3.39. The summed E-state index contributed by atoms with van der Waals surface area (Å²) in [4.78, 5) is 0.0555. The van der Waals surface area contributed by atoms with Crippen molar-refractivity contribution in [1.82, 2.24) is 10.2 Å². The molecule has 1 aromatic heterocycles. The second-order valence-corrected chi connectivity index (χ2v) is 6.12. The first-order valence-corrected chi connectivity index (χ1v) is 7.83. The van der Waals surface area contributed by atoms with Crippen LogP contribution in [0, 0.1) is 0 Å². The molecular formula is C12H14ClN3O3S. The molecule has 0 unspecified atom stereocenters. The van der Waals surface area contributed by atoms with Crippen LogP contribution in [0.1, 0.15) is 13.3 Å². The summed E-state index contributed by atoms with van der Waals surface area (Å²) in [5, 5.41) is 6.41. The number of rotatable bonds is 6. The zero-order valence-corrected chi connectivity index (χ0v) is 12.3. The average Bonchev–Trinajstić information content (AvgIpc) is 2.92. The lowest BCUT2D eigenvalue weighted by Gasteiger charge is -2.10. The molecule has 6 nitrogen and oxygen atoms in total. The molecule has 2 rings (SSSR count). The van der Waals surface area contributed by atoms with Gasteiger partial charge < -0.3 is 4.74 Å². The van der Waals surface area contributed by atoms with Crippen LogP contribution in [-0.4, -0.2) is 25.2 Å². The van der Waals surface area contributed by atoms with Crippen LogP contribution >= 0.6 is 11.6 Å². The number of nitrogens with zero attached hydrogens (tertiary/aromatic N) is 1. The highest BCUT2D eigenvalue weighted by Crippen LogP contribution is 2.28. The van der Waals surface area contributed by atoms with Crippen LogP contribution in [0.25, 0.3) is 0 Å². The number of aromatic amines is 1. The molecule has 0 saturated carbocycles. The van der Waals surface area contributed by atoms with Crippen LogP contribution in [0.4, 0.5) is 5.69 Å². The minimum Gasteiger partial charge on any atom is -0.492 e. The van der Waals surface area contributed by atoms with Gasteiger partial charge in [-0.1, -0.05) is 18.5 Å². The molecule has 0 amide bonds. The first-order valence-electron chi connectivity index (χ1n) is 5.97. The molecule has 0 bridgehead atoms. The Balaban J connectivity index is 2.17.